The normalized spacial score (nSPS) is 21.9. The number of benzene rings is 3. The van der Waals surface area contributed by atoms with Crippen molar-refractivity contribution in [1.29, 1.82) is 0 Å². The van der Waals surface area contributed by atoms with Gasteiger partial charge >= 0.3 is 0 Å². The Morgan fingerprint density at radius 1 is 0.759 bits per heavy atom. The van der Waals surface area contributed by atoms with Gasteiger partial charge in [-0.3, -0.25) is 39.1 Å². The van der Waals surface area contributed by atoms with E-state index in [-0.39, 0.29) is 54.1 Å². The van der Waals surface area contributed by atoms with Crippen LogP contribution in [-0.4, -0.2) is 92.3 Å². The lowest BCUT2D eigenvalue weighted by Crippen LogP contribution is -2.65. The fourth-order valence-corrected chi connectivity index (χ4v) is 9.36. The number of amides is 5. The van der Waals surface area contributed by atoms with Gasteiger partial charge in [0.05, 0.1) is 39.9 Å². The van der Waals surface area contributed by atoms with Crippen molar-refractivity contribution in [2.45, 2.75) is 70.1 Å². The van der Waals surface area contributed by atoms with Crippen molar-refractivity contribution in [3.8, 4) is 11.1 Å². The molecule has 0 saturated carbocycles. The van der Waals surface area contributed by atoms with Gasteiger partial charge in [0, 0.05) is 68.1 Å². The van der Waals surface area contributed by atoms with Gasteiger partial charge in [0.15, 0.2) is 11.6 Å². The van der Waals surface area contributed by atoms with E-state index in [4.69, 9.17) is 9.51 Å². The summed E-state index contributed by atoms with van der Waals surface area (Å²) in [6, 6.07) is 13.5. The number of rotatable bonds is 7. The second kappa shape index (κ2) is 13.4. The van der Waals surface area contributed by atoms with Crippen LogP contribution < -0.4 is 15.1 Å². The van der Waals surface area contributed by atoms with E-state index in [9.17, 15) is 32.8 Å². The van der Waals surface area contributed by atoms with E-state index in [0.29, 0.717) is 50.6 Å². The van der Waals surface area contributed by atoms with Gasteiger partial charge in [0.1, 0.15) is 17.6 Å². The number of nitrogens with one attached hydrogen (secondary N) is 1. The number of halogens is 2. The number of aromatic nitrogens is 3. The number of fused-ring (bicyclic) bond motifs is 2. The van der Waals surface area contributed by atoms with Crippen LogP contribution in [-0.2, 0) is 14.4 Å². The smallest absolute Gasteiger partial charge is 0.262 e. The number of hydrogen-bond acceptors (Lipinski definition) is 10. The number of carbonyl (C=O) groups is 5. The van der Waals surface area contributed by atoms with Gasteiger partial charge < -0.3 is 18.9 Å². The summed E-state index contributed by atoms with van der Waals surface area (Å²) in [4.78, 5) is 76.6. The summed E-state index contributed by atoms with van der Waals surface area (Å²) in [6.45, 7) is 6.58. The number of carbonyl (C=O) groups excluding carboxylic acids is 5. The minimum absolute atomic E-state index is 0.0182. The van der Waals surface area contributed by atoms with Crippen molar-refractivity contribution in [3.05, 3.63) is 94.6 Å². The zero-order valence-electron chi connectivity index (χ0n) is 31.7. The molecule has 14 nitrogen and oxygen atoms in total. The SMILES string of the molecule is Cc1noc(C)c1-c1ccc2c(c1)nc([C@@H]1CCCC(=O)N1c1ccc(F)c(F)c1)n2C1CN(C2CN(c3ccc4c(c3)C(=O)N(C3CCC(=O)NC3=O)C4=O)C2)C1. The predicted octanol–water partition coefficient (Wildman–Crippen LogP) is 4.99. The van der Waals surface area contributed by atoms with Gasteiger partial charge in [-0.2, -0.15) is 0 Å². The zero-order valence-corrected chi connectivity index (χ0v) is 31.7. The molecule has 0 spiro atoms. The number of aryl methyl sites for hydroxylation is 2. The molecular weight excluding hydrogens is 751 g/mol. The molecule has 3 aromatic carbocycles. The molecule has 7 heterocycles. The lowest BCUT2D eigenvalue weighted by Gasteiger charge is -2.53. The number of imide groups is 2. The molecule has 0 aliphatic carbocycles. The molecule has 4 fully saturated rings. The van der Waals surface area contributed by atoms with Crippen molar-refractivity contribution in [1.82, 2.24) is 29.8 Å². The molecule has 1 N–H and O–H groups in total. The van der Waals surface area contributed by atoms with Crippen molar-refractivity contribution in [2.75, 3.05) is 36.0 Å². The summed E-state index contributed by atoms with van der Waals surface area (Å²) in [5.41, 5.74) is 5.78. The molecule has 0 radical (unpaired) electrons. The fourth-order valence-electron chi connectivity index (χ4n) is 9.36. The van der Waals surface area contributed by atoms with Crippen LogP contribution in [0.5, 0.6) is 0 Å². The molecule has 2 aromatic heterocycles. The van der Waals surface area contributed by atoms with Crippen LogP contribution in [0.4, 0.5) is 20.2 Å². The number of anilines is 2. The molecule has 296 valence electrons. The maximum Gasteiger partial charge on any atom is 0.262 e. The van der Waals surface area contributed by atoms with Crippen LogP contribution >= 0.6 is 0 Å². The summed E-state index contributed by atoms with van der Waals surface area (Å²) < 4.78 is 36.3. The van der Waals surface area contributed by atoms with Crippen molar-refractivity contribution < 1.29 is 37.3 Å². The van der Waals surface area contributed by atoms with E-state index in [1.165, 1.54) is 6.07 Å². The molecule has 2 atom stereocenters. The fraction of sp³-hybridized carbons (Fsp3) is 0.357. The minimum atomic E-state index is -1.02. The first-order valence-corrected chi connectivity index (χ1v) is 19.5. The Hall–Kier alpha value is -6.29. The van der Waals surface area contributed by atoms with Gasteiger partial charge in [0.2, 0.25) is 17.7 Å². The Kier molecular flexibility index (Phi) is 8.33. The molecule has 58 heavy (non-hydrogen) atoms. The van der Waals surface area contributed by atoms with Crippen LogP contribution in [0, 0.1) is 25.5 Å². The molecule has 16 heteroatoms. The highest BCUT2D eigenvalue weighted by atomic mass is 19.2. The number of likely N-dealkylation sites (tertiary alicyclic amines) is 1. The summed E-state index contributed by atoms with van der Waals surface area (Å²) in [5.74, 6) is -2.94. The third-order valence-electron chi connectivity index (χ3n) is 12.4. The summed E-state index contributed by atoms with van der Waals surface area (Å²) in [6.07, 6.45) is 1.66. The van der Waals surface area contributed by atoms with Crippen LogP contribution in [0.25, 0.3) is 22.2 Å². The third-order valence-corrected chi connectivity index (χ3v) is 12.4. The topological polar surface area (TPSA) is 154 Å². The first-order chi connectivity index (χ1) is 27.9. The van der Waals surface area contributed by atoms with Gasteiger partial charge in [0.25, 0.3) is 11.8 Å². The Labute approximate surface area is 330 Å². The van der Waals surface area contributed by atoms with Crippen LogP contribution in [0.15, 0.2) is 59.1 Å². The molecule has 5 aliphatic heterocycles. The second-order valence-electron chi connectivity index (χ2n) is 15.9. The molecule has 0 bridgehead atoms. The average Bonchev–Trinajstić information content (AvgIpc) is 3.79. The number of nitrogens with zero attached hydrogens (tertiary/aromatic N) is 7. The molecule has 10 rings (SSSR count). The first-order valence-electron chi connectivity index (χ1n) is 19.5. The van der Waals surface area contributed by atoms with E-state index in [1.807, 2.05) is 38.1 Å². The van der Waals surface area contributed by atoms with Crippen LogP contribution in [0.3, 0.4) is 0 Å². The van der Waals surface area contributed by atoms with Gasteiger partial charge in [-0.15, -0.1) is 0 Å². The standard InChI is InChI=1S/C42H38F2N8O6/c1-21-38(22(2)58-47-21)23-6-11-33-32(14-23)45-39(34-4-3-5-37(54)50(34)25-8-10-30(43)31(44)16-25)51(33)27-19-49(20-27)26-17-48(18-26)24-7-9-28-29(15-24)42(57)52(41(28)56)35-12-13-36(53)46-40(35)55/h6-11,14-16,26-27,34-35H,3-5,12-13,17-20H2,1-2H3,(H,46,53,55)/t34-,35?/m0/s1. The highest BCUT2D eigenvalue weighted by molar-refractivity contribution is 6.23. The second-order valence-corrected chi connectivity index (χ2v) is 15.9. The highest BCUT2D eigenvalue weighted by Gasteiger charge is 2.46. The van der Waals surface area contributed by atoms with E-state index in [0.717, 1.165) is 50.6 Å². The van der Waals surface area contributed by atoms with Crippen molar-refractivity contribution in [3.63, 3.8) is 0 Å². The molecular formula is C42H38F2N8O6. The summed E-state index contributed by atoms with van der Waals surface area (Å²) in [7, 11) is 0. The highest BCUT2D eigenvalue weighted by Crippen LogP contribution is 2.42. The molecule has 5 aromatic rings. The Morgan fingerprint density at radius 2 is 1.53 bits per heavy atom. The quantitative estimate of drug-likeness (QED) is 0.223. The third kappa shape index (κ3) is 5.63. The van der Waals surface area contributed by atoms with E-state index >= 15 is 0 Å². The van der Waals surface area contributed by atoms with Gasteiger partial charge in [-0.25, -0.2) is 13.8 Å². The molecule has 5 amide bonds. The predicted molar refractivity (Wildman–Crippen MR) is 205 cm³/mol. The first kappa shape index (κ1) is 36.1. The number of hydrogen-bond donors (Lipinski definition) is 1. The maximum absolute atomic E-state index is 14.6. The minimum Gasteiger partial charge on any atom is -0.368 e. The van der Waals surface area contributed by atoms with E-state index in [1.54, 1.807) is 17.0 Å². The monoisotopic (exact) mass is 788 g/mol. The van der Waals surface area contributed by atoms with Crippen LogP contribution in [0.1, 0.15) is 82.2 Å². The van der Waals surface area contributed by atoms with Gasteiger partial charge in [-0.1, -0.05) is 11.2 Å². The number of imidazole rings is 1. The van der Waals surface area contributed by atoms with E-state index < -0.39 is 47.3 Å². The Bertz CT molecular complexity index is 2590. The number of piperidine rings is 2. The van der Waals surface area contributed by atoms with Crippen molar-refractivity contribution in [2.24, 2.45) is 0 Å². The lowest BCUT2D eigenvalue weighted by atomic mass is 9.96. The van der Waals surface area contributed by atoms with Gasteiger partial charge in [-0.05, 0) is 81.1 Å². The largest absolute Gasteiger partial charge is 0.368 e. The van der Waals surface area contributed by atoms with Crippen LogP contribution in [0.2, 0.25) is 0 Å². The molecule has 4 saturated heterocycles. The van der Waals surface area contributed by atoms with Crippen molar-refractivity contribution >= 4 is 51.9 Å². The Balaban J connectivity index is 0.900. The lowest BCUT2D eigenvalue weighted by molar-refractivity contribution is -0.136. The summed E-state index contributed by atoms with van der Waals surface area (Å²) >= 11 is 0. The average molecular weight is 789 g/mol. The van der Waals surface area contributed by atoms with E-state index in [2.05, 4.69) is 24.8 Å². The Morgan fingerprint density at radius 3 is 2.28 bits per heavy atom. The zero-order chi connectivity index (χ0) is 40.1. The maximum atomic E-state index is 14.6. The molecule has 1 unspecified atom stereocenters. The summed E-state index contributed by atoms with van der Waals surface area (Å²) in [5, 5.41) is 6.36. The molecule has 5 aliphatic rings.